The zero-order chi connectivity index (χ0) is 23.3. The van der Waals surface area contributed by atoms with Gasteiger partial charge in [0.15, 0.2) is 17.5 Å². The molecule has 0 fully saturated rings. The summed E-state index contributed by atoms with van der Waals surface area (Å²) >= 11 is 0. The molecule has 2 atom stereocenters. The zero-order valence-electron chi connectivity index (χ0n) is 20.6. The van der Waals surface area contributed by atoms with Gasteiger partial charge < -0.3 is 29.7 Å². The minimum Gasteiger partial charge on any atom is -0.493 e. The van der Waals surface area contributed by atoms with Crippen LogP contribution in [0, 0.1) is 5.92 Å². The Kier molecular flexibility index (Phi) is 13.8. The zero-order valence-corrected chi connectivity index (χ0v) is 23.0. The molecule has 0 aromatic heterocycles. The van der Waals surface area contributed by atoms with E-state index in [1.807, 2.05) is 30.3 Å². The first-order valence-electron chi connectivity index (χ1n) is 10.9. The summed E-state index contributed by atoms with van der Waals surface area (Å²) in [5.41, 5.74) is 2.33. The van der Waals surface area contributed by atoms with E-state index in [0.717, 1.165) is 29.6 Å². The molecule has 0 spiro atoms. The van der Waals surface area contributed by atoms with Crippen LogP contribution in [0.4, 0.5) is 0 Å². The minimum absolute atomic E-state index is 0. The highest BCUT2D eigenvalue weighted by atomic mass is 127. The van der Waals surface area contributed by atoms with E-state index < -0.39 is 0 Å². The molecule has 0 heterocycles. The molecule has 7 nitrogen and oxygen atoms in total. The maximum Gasteiger partial charge on any atom is 0.191 e. The van der Waals surface area contributed by atoms with Crippen LogP contribution >= 0.6 is 24.0 Å². The van der Waals surface area contributed by atoms with Crippen LogP contribution in [0.3, 0.4) is 0 Å². The lowest BCUT2D eigenvalue weighted by Crippen LogP contribution is -2.43. The highest BCUT2D eigenvalue weighted by Crippen LogP contribution is 2.31. The third-order valence-corrected chi connectivity index (χ3v) is 5.23. The average molecular weight is 571 g/mol. The summed E-state index contributed by atoms with van der Waals surface area (Å²) in [5, 5.41) is 6.84. The van der Waals surface area contributed by atoms with Crippen LogP contribution in [-0.4, -0.2) is 65.9 Å². The van der Waals surface area contributed by atoms with E-state index in [1.54, 1.807) is 21.3 Å². The number of rotatable bonds is 12. The number of aliphatic imine (C=N–C) groups is 1. The summed E-state index contributed by atoms with van der Waals surface area (Å²) in [5.74, 6) is 2.58. The fourth-order valence-electron chi connectivity index (χ4n) is 3.35. The molecule has 0 aliphatic heterocycles. The number of halogens is 1. The van der Waals surface area contributed by atoms with E-state index in [0.29, 0.717) is 25.7 Å². The van der Waals surface area contributed by atoms with Gasteiger partial charge in [0.05, 0.1) is 33.5 Å². The van der Waals surface area contributed by atoms with E-state index >= 15 is 0 Å². The van der Waals surface area contributed by atoms with Crippen molar-refractivity contribution < 1.29 is 14.2 Å². The average Bonchev–Trinajstić information content (AvgIpc) is 2.81. The number of ether oxygens (including phenoxy) is 3. The summed E-state index contributed by atoms with van der Waals surface area (Å²) in [6.45, 7) is 4.95. The SMILES string of the molecule is CN=C(NCC(C)COCc1ccccc1)NCC(c1ccc(OC)c(OC)c1)N(C)C.I. The first-order valence-corrected chi connectivity index (χ1v) is 10.9. The van der Waals surface area contributed by atoms with Crippen molar-refractivity contribution in [2.24, 2.45) is 10.9 Å². The molecular formula is C25H39IN4O3. The van der Waals surface area contributed by atoms with Crippen molar-refractivity contribution in [3.05, 3.63) is 59.7 Å². The first kappa shape index (κ1) is 29.0. The normalized spacial score (nSPS) is 13.1. The molecule has 184 valence electrons. The number of likely N-dealkylation sites (N-methyl/N-ethyl adjacent to an activating group) is 1. The Bertz CT molecular complexity index is 834. The van der Waals surface area contributed by atoms with E-state index in [-0.39, 0.29) is 30.0 Å². The number of hydrogen-bond acceptors (Lipinski definition) is 5. The molecule has 0 amide bonds. The molecule has 2 aromatic rings. The summed E-state index contributed by atoms with van der Waals surface area (Å²) in [6.07, 6.45) is 0. The Morgan fingerprint density at radius 3 is 2.24 bits per heavy atom. The Balaban J connectivity index is 0.00000544. The number of benzene rings is 2. The van der Waals surface area contributed by atoms with Gasteiger partial charge in [-0.25, -0.2) is 0 Å². The van der Waals surface area contributed by atoms with Crippen LogP contribution in [0.15, 0.2) is 53.5 Å². The Morgan fingerprint density at radius 1 is 0.970 bits per heavy atom. The number of nitrogens with one attached hydrogen (secondary N) is 2. The summed E-state index contributed by atoms with van der Waals surface area (Å²) < 4.78 is 16.7. The Hall–Kier alpha value is -2.04. The molecule has 2 unspecified atom stereocenters. The quantitative estimate of drug-likeness (QED) is 0.229. The second-order valence-electron chi connectivity index (χ2n) is 8.03. The molecule has 0 bridgehead atoms. The number of guanidine groups is 1. The maximum atomic E-state index is 5.85. The highest BCUT2D eigenvalue weighted by molar-refractivity contribution is 14.0. The van der Waals surface area contributed by atoms with Crippen LogP contribution in [0.1, 0.15) is 24.1 Å². The molecule has 0 saturated heterocycles. The van der Waals surface area contributed by atoms with E-state index in [4.69, 9.17) is 14.2 Å². The van der Waals surface area contributed by atoms with E-state index in [9.17, 15) is 0 Å². The van der Waals surface area contributed by atoms with Crippen molar-refractivity contribution in [3.63, 3.8) is 0 Å². The number of hydrogen-bond donors (Lipinski definition) is 2. The van der Waals surface area contributed by atoms with Crippen LogP contribution in [0.25, 0.3) is 0 Å². The monoisotopic (exact) mass is 570 g/mol. The predicted octanol–water partition coefficient (Wildman–Crippen LogP) is 3.94. The van der Waals surface area contributed by atoms with Crippen molar-refractivity contribution in [2.45, 2.75) is 19.6 Å². The molecule has 8 heteroatoms. The predicted molar refractivity (Wildman–Crippen MR) is 146 cm³/mol. The lowest BCUT2D eigenvalue weighted by atomic mass is 10.1. The van der Waals surface area contributed by atoms with Crippen molar-refractivity contribution >= 4 is 29.9 Å². The highest BCUT2D eigenvalue weighted by Gasteiger charge is 2.17. The summed E-state index contributed by atoms with van der Waals surface area (Å²) in [7, 11) is 9.21. The van der Waals surface area contributed by atoms with E-state index in [2.05, 4.69) is 59.7 Å². The molecule has 0 aliphatic carbocycles. The van der Waals surface area contributed by atoms with Gasteiger partial charge in [-0.05, 0) is 43.3 Å². The smallest absolute Gasteiger partial charge is 0.191 e. The van der Waals surface area contributed by atoms with Crippen molar-refractivity contribution in [3.8, 4) is 11.5 Å². The molecular weight excluding hydrogens is 531 g/mol. The van der Waals surface area contributed by atoms with Gasteiger partial charge in [-0.15, -0.1) is 24.0 Å². The van der Waals surface area contributed by atoms with Crippen LogP contribution < -0.4 is 20.1 Å². The maximum absolute atomic E-state index is 5.85. The van der Waals surface area contributed by atoms with Gasteiger partial charge in [-0.2, -0.15) is 0 Å². The van der Waals surface area contributed by atoms with Gasteiger partial charge in [0.1, 0.15) is 0 Å². The third-order valence-electron chi connectivity index (χ3n) is 5.23. The Labute approximate surface area is 215 Å². The summed E-state index contributed by atoms with van der Waals surface area (Å²) in [4.78, 5) is 6.53. The van der Waals surface area contributed by atoms with Gasteiger partial charge in [-0.1, -0.05) is 43.3 Å². The van der Waals surface area contributed by atoms with Crippen molar-refractivity contribution in [1.82, 2.24) is 15.5 Å². The van der Waals surface area contributed by atoms with Crippen LogP contribution in [-0.2, 0) is 11.3 Å². The van der Waals surface area contributed by atoms with Gasteiger partial charge in [0.2, 0.25) is 0 Å². The van der Waals surface area contributed by atoms with Gasteiger partial charge >= 0.3 is 0 Å². The summed E-state index contributed by atoms with van der Waals surface area (Å²) in [6, 6.07) is 16.4. The van der Waals surface area contributed by atoms with Crippen molar-refractivity contribution in [1.29, 1.82) is 0 Å². The number of nitrogens with zero attached hydrogens (tertiary/aromatic N) is 2. The van der Waals surface area contributed by atoms with Gasteiger partial charge in [-0.3, -0.25) is 4.99 Å². The lowest BCUT2D eigenvalue weighted by molar-refractivity contribution is 0.0931. The topological polar surface area (TPSA) is 67.4 Å². The van der Waals surface area contributed by atoms with Gasteiger partial charge in [0.25, 0.3) is 0 Å². The molecule has 2 aromatic carbocycles. The van der Waals surface area contributed by atoms with Gasteiger partial charge in [0, 0.05) is 20.1 Å². The van der Waals surface area contributed by atoms with Crippen LogP contribution in [0.5, 0.6) is 11.5 Å². The Morgan fingerprint density at radius 2 is 1.64 bits per heavy atom. The van der Waals surface area contributed by atoms with Crippen LogP contribution in [0.2, 0.25) is 0 Å². The second kappa shape index (κ2) is 15.7. The van der Waals surface area contributed by atoms with E-state index in [1.165, 1.54) is 5.56 Å². The minimum atomic E-state index is 0. The lowest BCUT2D eigenvalue weighted by Gasteiger charge is -2.27. The molecule has 2 N–H and O–H groups in total. The largest absolute Gasteiger partial charge is 0.493 e. The molecule has 33 heavy (non-hydrogen) atoms. The first-order chi connectivity index (χ1) is 15.5. The fourth-order valence-corrected chi connectivity index (χ4v) is 3.35. The molecule has 2 rings (SSSR count). The van der Waals surface area contributed by atoms with Crippen molar-refractivity contribution in [2.75, 3.05) is 55.1 Å². The second-order valence-corrected chi connectivity index (χ2v) is 8.03. The molecule has 0 aliphatic rings. The molecule has 0 saturated carbocycles. The number of methoxy groups -OCH3 is 2. The standard InChI is InChI=1S/C25H38N4O3.HI/c1-19(17-32-18-20-10-8-7-9-11-20)15-27-25(26-2)28-16-22(29(3)4)21-12-13-23(30-5)24(14-21)31-6;/h7-14,19,22H,15-18H2,1-6H3,(H2,26,27,28);1H. The molecule has 0 radical (unpaired) electrons. The fraction of sp³-hybridized carbons (Fsp3) is 0.480. The third kappa shape index (κ3) is 9.77.